The van der Waals surface area contributed by atoms with E-state index in [1.54, 1.807) is 0 Å². The summed E-state index contributed by atoms with van der Waals surface area (Å²) in [6, 6.07) is 11.4. The van der Waals surface area contributed by atoms with Gasteiger partial charge in [-0.3, -0.25) is 4.99 Å². The van der Waals surface area contributed by atoms with E-state index >= 15 is 0 Å². The number of piperidine rings is 1. The van der Waals surface area contributed by atoms with Crippen molar-refractivity contribution in [1.29, 1.82) is 0 Å². The van der Waals surface area contributed by atoms with Crippen molar-refractivity contribution in [3.8, 4) is 0 Å². The number of rotatable bonds is 4. The maximum absolute atomic E-state index is 4.61. The van der Waals surface area contributed by atoms with Crippen molar-refractivity contribution in [2.24, 2.45) is 10.9 Å². The molecule has 1 aliphatic heterocycles. The molecule has 6 heteroatoms. The highest BCUT2D eigenvalue weighted by Crippen LogP contribution is 2.43. The van der Waals surface area contributed by atoms with E-state index in [1.807, 2.05) is 19.6 Å². The standard InChI is InChI=1S/C22H31N5.HI/c1-18-9-13-26(15-20(18)27-14-12-24-17-27)21(23-2)25-16-22(10-6-11-22)19-7-4-3-5-8-19;/h3-5,7-8,12,14,17-18,20H,6,9-11,13,15-16H2,1-2H3,(H,23,25);1H. The lowest BCUT2D eigenvalue weighted by Crippen LogP contribution is -2.53. The van der Waals surface area contributed by atoms with Crippen molar-refractivity contribution >= 4 is 29.9 Å². The van der Waals surface area contributed by atoms with Gasteiger partial charge < -0.3 is 14.8 Å². The number of hydrogen-bond donors (Lipinski definition) is 1. The molecule has 2 heterocycles. The van der Waals surface area contributed by atoms with Gasteiger partial charge in [0.2, 0.25) is 0 Å². The van der Waals surface area contributed by atoms with Gasteiger partial charge in [-0.1, -0.05) is 43.7 Å². The van der Waals surface area contributed by atoms with Crippen LogP contribution in [0.5, 0.6) is 0 Å². The van der Waals surface area contributed by atoms with Crippen LogP contribution in [0.1, 0.15) is 44.2 Å². The number of aromatic nitrogens is 2. The first-order chi connectivity index (χ1) is 13.2. The van der Waals surface area contributed by atoms with Gasteiger partial charge in [0.25, 0.3) is 0 Å². The summed E-state index contributed by atoms with van der Waals surface area (Å²) >= 11 is 0. The van der Waals surface area contributed by atoms with Crippen molar-refractivity contribution in [2.45, 2.75) is 44.1 Å². The van der Waals surface area contributed by atoms with E-state index in [0.717, 1.165) is 25.6 Å². The van der Waals surface area contributed by atoms with E-state index in [9.17, 15) is 0 Å². The Morgan fingerprint density at radius 2 is 2.07 bits per heavy atom. The molecule has 0 amide bonds. The molecule has 1 saturated heterocycles. The monoisotopic (exact) mass is 493 g/mol. The molecular formula is C22H32IN5. The van der Waals surface area contributed by atoms with Crippen molar-refractivity contribution in [3.05, 3.63) is 54.6 Å². The normalized spacial score (nSPS) is 24.2. The van der Waals surface area contributed by atoms with Crippen LogP contribution in [0.25, 0.3) is 0 Å². The summed E-state index contributed by atoms with van der Waals surface area (Å²) in [5.41, 5.74) is 1.73. The fraction of sp³-hybridized carbons (Fsp3) is 0.545. The molecule has 0 radical (unpaired) electrons. The van der Waals surface area contributed by atoms with Crippen LogP contribution in [0.3, 0.4) is 0 Å². The fourth-order valence-electron chi connectivity index (χ4n) is 4.64. The van der Waals surface area contributed by atoms with Crippen LogP contribution in [0.2, 0.25) is 0 Å². The minimum absolute atomic E-state index is 0. The Labute approximate surface area is 185 Å². The number of likely N-dealkylation sites (tertiary alicyclic amines) is 1. The molecule has 1 aromatic heterocycles. The van der Waals surface area contributed by atoms with E-state index < -0.39 is 0 Å². The fourth-order valence-corrected chi connectivity index (χ4v) is 4.64. The van der Waals surface area contributed by atoms with Crippen LogP contribution in [0, 0.1) is 5.92 Å². The number of nitrogens with one attached hydrogen (secondary N) is 1. The van der Waals surface area contributed by atoms with Gasteiger partial charge in [-0.25, -0.2) is 4.98 Å². The van der Waals surface area contributed by atoms with Crippen molar-refractivity contribution in [2.75, 3.05) is 26.7 Å². The molecule has 2 atom stereocenters. The highest BCUT2D eigenvalue weighted by molar-refractivity contribution is 14.0. The molecule has 0 spiro atoms. The molecule has 2 aliphatic rings. The molecule has 2 aromatic rings. The Bertz CT molecular complexity index is 754. The topological polar surface area (TPSA) is 45.5 Å². The van der Waals surface area contributed by atoms with Crippen molar-refractivity contribution < 1.29 is 0 Å². The number of aliphatic imine (C=N–C) groups is 1. The van der Waals surface area contributed by atoms with Crippen LogP contribution in [-0.4, -0.2) is 47.1 Å². The van der Waals surface area contributed by atoms with Gasteiger partial charge in [0.15, 0.2) is 5.96 Å². The third-order valence-corrected chi connectivity index (χ3v) is 6.62. The molecule has 1 aromatic carbocycles. The second kappa shape index (κ2) is 9.29. The summed E-state index contributed by atoms with van der Waals surface area (Å²) in [5, 5.41) is 3.71. The minimum Gasteiger partial charge on any atom is -0.355 e. The van der Waals surface area contributed by atoms with E-state index in [2.05, 4.69) is 68.2 Å². The lowest BCUT2D eigenvalue weighted by atomic mass is 9.64. The van der Waals surface area contributed by atoms with Gasteiger partial charge in [0, 0.05) is 44.5 Å². The van der Waals surface area contributed by atoms with Gasteiger partial charge in [-0.05, 0) is 30.7 Å². The molecule has 2 fully saturated rings. The Hall–Kier alpha value is -1.57. The first-order valence-corrected chi connectivity index (χ1v) is 10.2. The molecular weight excluding hydrogens is 461 g/mol. The number of nitrogens with zero attached hydrogens (tertiary/aromatic N) is 4. The molecule has 5 nitrogen and oxygen atoms in total. The Morgan fingerprint density at radius 3 is 2.68 bits per heavy atom. The summed E-state index contributed by atoms with van der Waals surface area (Å²) in [6.07, 6.45) is 10.9. The van der Waals surface area contributed by atoms with Crippen LogP contribution in [0.15, 0.2) is 54.0 Å². The van der Waals surface area contributed by atoms with E-state index in [-0.39, 0.29) is 29.4 Å². The summed E-state index contributed by atoms with van der Waals surface area (Å²) in [6.45, 7) is 5.35. The maximum Gasteiger partial charge on any atom is 0.193 e. The average molecular weight is 493 g/mol. The molecule has 0 bridgehead atoms. The zero-order valence-corrected chi connectivity index (χ0v) is 19.3. The largest absolute Gasteiger partial charge is 0.355 e. The first-order valence-electron chi connectivity index (χ1n) is 10.2. The summed E-state index contributed by atoms with van der Waals surface area (Å²) in [7, 11) is 1.91. The van der Waals surface area contributed by atoms with Gasteiger partial charge in [-0.2, -0.15) is 0 Å². The third-order valence-electron chi connectivity index (χ3n) is 6.62. The molecule has 1 saturated carbocycles. The highest BCUT2D eigenvalue weighted by atomic mass is 127. The predicted octanol–water partition coefficient (Wildman–Crippen LogP) is 4.08. The predicted molar refractivity (Wildman–Crippen MR) is 125 cm³/mol. The summed E-state index contributed by atoms with van der Waals surface area (Å²) < 4.78 is 2.25. The van der Waals surface area contributed by atoms with Crippen LogP contribution in [0.4, 0.5) is 0 Å². The van der Waals surface area contributed by atoms with Crippen LogP contribution < -0.4 is 5.32 Å². The quantitative estimate of drug-likeness (QED) is 0.397. The van der Waals surface area contributed by atoms with Crippen molar-refractivity contribution in [3.63, 3.8) is 0 Å². The number of benzene rings is 1. The molecule has 28 heavy (non-hydrogen) atoms. The lowest BCUT2D eigenvalue weighted by Gasteiger charge is -2.44. The van der Waals surface area contributed by atoms with Gasteiger partial charge >= 0.3 is 0 Å². The van der Waals surface area contributed by atoms with Crippen LogP contribution >= 0.6 is 24.0 Å². The summed E-state index contributed by atoms with van der Waals surface area (Å²) in [5.74, 6) is 1.69. The zero-order valence-electron chi connectivity index (χ0n) is 16.9. The van der Waals surface area contributed by atoms with E-state index in [0.29, 0.717) is 12.0 Å². The molecule has 152 valence electrons. The number of hydrogen-bond acceptors (Lipinski definition) is 2. The van der Waals surface area contributed by atoms with Crippen LogP contribution in [-0.2, 0) is 5.41 Å². The van der Waals surface area contributed by atoms with Crippen molar-refractivity contribution in [1.82, 2.24) is 19.8 Å². The minimum atomic E-state index is 0. The second-order valence-electron chi connectivity index (χ2n) is 8.19. The lowest BCUT2D eigenvalue weighted by molar-refractivity contribution is 0.185. The molecule has 1 aliphatic carbocycles. The smallest absolute Gasteiger partial charge is 0.193 e. The molecule has 2 unspecified atom stereocenters. The van der Waals surface area contributed by atoms with E-state index in [1.165, 1.54) is 31.2 Å². The number of imidazole rings is 1. The Morgan fingerprint density at radius 1 is 1.29 bits per heavy atom. The summed E-state index contributed by atoms with van der Waals surface area (Å²) in [4.78, 5) is 11.3. The van der Waals surface area contributed by atoms with Gasteiger partial charge in [-0.15, -0.1) is 24.0 Å². The highest BCUT2D eigenvalue weighted by Gasteiger charge is 2.39. The average Bonchev–Trinajstić information content (AvgIpc) is 3.20. The SMILES string of the molecule is CN=C(NCC1(c2ccccc2)CCC1)N1CCC(C)C(n2ccnc2)C1.I. The maximum atomic E-state index is 4.61. The van der Waals surface area contributed by atoms with Gasteiger partial charge in [0.1, 0.15) is 0 Å². The Balaban J connectivity index is 0.00000225. The zero-order chi connectivity index (χ0) is 18.7. The second-order valence-corrected chi connectivity index (χ2v) is 8.19. The Kier molecular flexibility index (Phi) is 7.01. The first kappa shape index (κ1) is 21.1. The number of guanidine groups is 1. The molecule has 1 N–H and O–H groups in total. The third kappa shape index (κ3) is 4.21. The number of halogens is 1. The van der Waals surface area contributed by atoms with Gasteiger partial charge in [0.05, 0.1) is 12.4 Å². The van der Waals surface area contributed by atoms with E-state index in [4.69, 9.17) is 0 Å². The molecule has 4 rings (SSSR count).